The standard InChI is InChI=1S/C14H21ClN2S/c1-10(2)13-6-12(8-15)7-14(16-13)17-4-5-18-11(3)9-17/h6-7,10-11H,4-5,8-9H2,1-3H3. The van der Waals surface area contributed by atoms with Crippen LogP contribution in [0.15, 0.2) is 12.1 Å². The van der Waals surface area contributed by atoms with Gasteiger partial charge >= 0.3 is 0 Å². The molecule has 2 rings (SSSR count). The Bertz CT molecular complexity index is 409. The van der Waals surface area contributed by atoms with Crippen LogP contribution in [0.25, 0.3) is 0 Å². The van der Waals surface area contributed by atoms with Crippen molar-refractivity contribution in [2.75, 3.05) is 23.7 Å². The van der Waals surface area contributed by atoms with Gasteiger partial charge in [0.05, 0.1) is 0 Å². The lowest BCUT2D eigenvalue weighted by molar-refractivity contribution is 0.752. The molecule has 1 unspecified atom stereocenters. The molecule has 2 heterocycles. The second-order valence-corrected chi connectivity index (χ2v) is 6.99. The van der Waals surface area contributed by atoms with Crippen molar-refractivity contribution in [2.45, 2.75) is 37.8 Å². The van der Waals surface area contributed by atoms with Crippen LogP contribution in [0.5, 0.6) is 0 Å². The normalized spacial score (nSPS) is 20.5. The molecule has 0 aliphatic carbocycles. The molecule has 0 radical (unpaired) electrons. The first kappa shape index (κ1) is 14.0. The number of rotatable bonds is 3. The summed E-state index contributed by atoms with van der Waals surface area (Å²) in [7, 11) is 0. The van der Waals surface area contributed by atoms with Crippen LogP contribution in [0.1, 0.15) is 37.9 Å². The minimum absolute atomic E-state index is 0.448. The molecule has 0 aromatic carbocycles. The zero-order valence-electron chi connectivity index (χ0n) is 11.3. The van der Waals surface area contributed by atoms with Gasteiger partial charge in [-0.1, -0.05) is 20.8 Å². The van der Waals surface area contributed by atoms with Gasteiger partial charge in [-0.15, -0.1) is 11.6 Å². The summed E-state index contributed by atoms with van der Waals surface area (Å²) in [4.78, 5) is 7.19. The summed E-state index contributed by atoms with van der Waals surface area (Å²) in [5.74, 6) is 3.30. The Morgan fingerprint density at radius 3 is 2.89 bits per heavy atom. The van der Waals surface area contributed by atoms with E-state index in [0.29, 0.717) is 17.0 Å². The smallest absolute Gasteiger partial charge is 0.129 e. The number of anilines is 1. The number of pyridine rings is 1. The maximum atomic E-state index is 5.99. The summed E-state index contributed by atoms with van der Waals surface area (Å²) >= 11 is 8.03. The Morgan fingerprint density at radius 1 is 1.50 bits per heavy atom. The van der Waals surface area contributed by atoms with Crippen LogP contribution >= 0.6 is 23.4 Å². The number of hydrogen-bond acceptors (Lipinski definition) is 3. The van der Waals surface area contributed by atoms with Gasteiger partial charge in [-0.25, -0.2) is 4.98 Å². The summed E-state index contributed by atoms with van der Waals surface area (Å²) in [5.41, 5.74) is 2.32. The van der Waals surface area contributed by atoms with Crippen LogP contribution in [0, 0.1) is 0 Å². The summed E-state index contributed by atoms with van der Waals surface area (Å²) in [6, 6.07) is 4.27. The van der Waals surface area contributed by atoms with Crippen molar-refractivity contribution in [3.8, 4) is 0 Å². The zero-order valence-corrected chi connectivity index (χ0v) is 12.9. The molecular formula is C14H21ClN2S. The summed E-state index contributed by atoms with van der Waals surface area (Å²) in [5, 5.41) is 0.683. The van der Waals surface area contributed by atoms with Crippen LogP contribution in [0.3, 0.4) is 0 Å². The van der Waals surface area contributed by atoms with Gasteiger partial charge in [0.15, 0.2) is 0 Å². The Morgan fingerprint density at radius 2 is 2.28 bits per heavy atom. The van der Waals surface area contributed by atoms with Gasteiger partial charge in [0.25, 0.3) is 0 Å². The van der Waals surface area contributed by atoms with Crippen LogP contribution in [0.4, 0.5) is 5.82 Å². The second kappa shape index (κ2) is 6.16. The van der Waals surface area contributed by atoms with E-state index >= 15 is 0 Å². The second-order valence-electron chi connectivity index (χ2n) is 5.17. The quantitative estimate of drug-likeness (QED) is 0.784. The third-order valence-corrected chi connectivity index (χ3v) is 4.65. The minimum atomic E-state index is 0.448. The van der Waals surface area contributed by atoms with E-state index in [1.54, 1.807) is 0 Å². The molecule has 0 N–H and O–H groups in total. The molecular weight excluding hydrogens is 264 g/mol. The predicted octanol–water partition coefficient (Wildman–Crippen LogP) is 3.89. The fraction of sp³-hybridized carbons (Fsp3) is 0.643. The average molecular weight is 285 g/mol. The van der Waals surface area contributed by atoms with Gasteiger partial charge in [-0.05, 0) is 23.6 Å². The van der Waals surface area contributed by atoms with Gasteiger partial charge in [0, 0.05) is 35.7 Å². The lowest BCUT2D eigenvalue weighted by Gasteiger charge is -2.32. The van der Waals surface area contributed by atoms with Crippen molar-refractivity contribution in [1.82, 2.24) is 4.98 Å². The Balaban J connectivity index is 2.28. The van der Waals surface area contributed by atoms with E-state index in [9.17, 15) is 0 Å². The summed E-state index contributed by atoms with van der Waals surface area (Å²) < 4.78 is 0. The third-order valence-electron chi connectivity index (χ3n) is 3.20. The van der Waals surface area contributed by atoms with Crippen molar-refractivity contribution in [1.29, 1.82) is 0 Å². The zero-order chi connectivity index (χ0) is 13.1. The fourth-order valence-corrected chi connectivity index (χ4v) is 3.32. The largest absolute Gasteiger partial charge is 0.355 e. The van der Waals surface area contributed by atoms with Gasteiger partial charge in [-0.3, -0.25) is 0 Å². The van der Waals surface area contributed by atoms with Crippen LogP contribution < -0.4 is 4.90 Å². The van der Waals surface area contributed by atoms with Crippen molar-refractivity contribution in [2.24, 2.45) is 0 Å². The molecule has 1 aliphatic heterocycles. The van der Waals surface area contributed by atoms with Crippen LogP contribution in [-0.4, -0.2) is 29.1 Å². The molecule has 0 spiro atoms. The fourth-order valence-electron chi connectivity index (χ4n) is 2.16. The van der Waals surface area contributed by atoms with Gasteiger partial charge in [0.2, 0.25) is 0 Å². The van der Waals surface area contributed by atoms with Crippen molar-refractivity contribution >= 4 is 29.2 Å². The topological polar surface area (TPSA) is 16.1 Å². The summed E-state index contributed by atoms with van der Waals surface area (Å²) in [6.45, 7) is 8.81. The van der Waals surface area contributed by atoms with E-state index in [2.05, 4.69) is 37.8 Å². The molecule has 1 aromatic rings. The van der Waals surface area contributed by atoms with E-state index in [-0.39, 0.29) is 0 Å². The summed E-state index contributed by atoms with van der Waals surface area (Å²) in [6.07, 6.45) is 0. The van der Waals surface area contributed by atoms with E-state index < -0.39 is 0 Å². The highest BCUT2D eigenvalue weighted by Crippen LogP contribution is 2.25. The molecule has 1 aromatic heterocycles. The van der Waals surface area contributed by atoms with Crippen LogP contribution in [-0.2, 0) is 5.88 Å². The van der Waals surface area contributed by atoms with Crippen molar-refractivity contribution in [3.05, 3.63) is 23.4 Å². The molecule has 1 fully saturated rings. The number of aromatic nitrogens is 1. The molecule has 4 heteroatoms. The van der Waals surface area contributed by atoms with E-state index in [1.807, 2.05) is 11.8 Å². The predicted molar refractivity (Wildman–Crippen MR) is 82.0 cm³/mol. The third kappa shape index (κ3) is 3.33. The SMILES string of the molecule is CC1CN(c2cc(CCl)cc(C(C)C)n2)CCS1. The molecule has 18 heavy (non-hydrogen) atoms. The first-order valence-corrected chi connectivity index (χ1v) is 8.12. The molecule has 0 bridgehead atoms. The van der Waals surface area contributed by atoms with E-state index in [1.165, 1.54) is 11.3 Å². The van der Waals surface area contributed by atoms with Crippen LogP contribution in [0.2, 0.25) is 0 Å². The number of thioether (sulfide) groups is 1. The average Bonchev–Trinajstić information content (AvgIpc) is 2.38. The van der Waals surface area contributed by atoms with Gasteiger partial charge in [0.1, 0.15) is 5.82 Å². The molecule has 1 aliphatic rings. The number of alkyl halides is 1. The minimum Gasteiger partial charge on any atom is -0.355 e. The molecule has 0 saturated carbocycles. The molecule has 1 saturated heterocycles. The number of nitrogens with zero attached hydrogens (tertiary/aromatic N) is 2. The number of halogens is 1. The van der Waals surface area contributed by atoms with E-state index in [0.717, 1.165) is 24.6 Å². The van der Waals surface area contributed by atoms with Crippen molar-refractivity contribution < 1.29 is 0 Å². The Hall–Kier alpha value is -0.410. The lowest BCUT2D eigenvalue weighted by Crippen LogP contribution is -2.37. The molecule has 100 valence electrons. The maximum absolute atomic E-state index is 5.99. The molecule has 0 amide bonds. The monoisotopic (exact) mass is 284 g/mol. The number of hydrogen-bond donors (Lipinski definition) is 0. The first-order chi connectivity index (χ1) is 8.60. The highest BCUT2D eigenvalue weighted by atomic mass is 35.5. The van der Waals surface area contributed by atoms with E-state index in [4.69, 9.17) is 16.6 Å². The molecule has 1 atom stereocenters. The maximum Gasteiger partial charge on any atom is 0.129 e. The highest BCUT2D eigenvalue weighted by Gasteiger charge is 2.19. The Kier molecular flexibility index (Phi) is 4.79. The van der Waals surface area contributed by atoms with Crippen molar-refractivity contribution in [3.63, 3.8) is 0 Å². The first-order valence-electron chi connectivity index (χ1n) is 6.53. The molecule has 2 nitrogen and oxygen atoms in total. The lowest BCUT2D eigenvalue weighted by atomic mass is 10.1. The Labute approximate surface area is 119 Å². The highest BCUT2D eigenvalue weighted by molar-refractivity contribution is 8.00. The van der Waals surface area contributed by atoms with Gasteiger partial charge < -0.3 is 4.90 Å². The van der Waals surface area contributed by atoms with Gasteiger partial charge in [-0.2, -0.15) is 11.8 Å².